The van der Waals surface area contributed by atoms with Gasteiger partial charge in [0.25, 0.3) is 0 Å². The second-order valence-corrected chi connectivity index (χ2v) is 11.9. The Morgan fingerprint density at radius 2 is 0.930 bits per heavy atom. The Balaban J connectivity index is 1.80. The van der Waals surface area contributed by atoms with Gasteiger partial charge in [-0.1, -0.05) is 129 Å². The van der Waals surface area contributed by atoms with Crippen LogP contribution in [0.25, 0.3) is 0 Å². The smallest absolute Gasteiger partial charge is 0.407 e. The molecule has 0 aromatic carbocycles. The van der Waals surface area contributed by atoms with E-state index in [1.54, 1.807) is 0 Å². The molecule has 0 bridgehead atoms. The second-order valence-electron chi connectivity index (χ2n) is 11.9. The first-order chi connectivity index (χ1) is 21.1. The lowest BCUT2D eigenvalue weighted by Gasteiger charge is -2.10. The summed E-state index contributed by atoms with van der Waals surface area (Å²) in [6.07, 6.45) is 30.0. The maximum absolute atomic E-state index is 11.9. The largest absolute Gasteiger partial charge is 0.445 e. The molecule has 1 rings (SSSR count). The van der Waals surface area contributed by atoms with Crippen LogP contribution in [0.15, 0.2) is 42.7 Å². The fourth-order valence-electron chi connectivity index (χ4n) is 5.07. The third-order valence-electron chi connectivity index (χ3n) is 7.75. The predicted octanol–water partition coefficient (Wildman–Crippen LogP) is 9.19. The molecule has 0 aliphatic rings. The number of carbonyl (C=O) groups excluding carboxylic acids is 2. The van der Waals surface area contributed by atoms with Gasteiger partial charge in [-0.05, 0) is 24.8 Å². The first-order valence-electron chi connectivity index (χ1n) is 17.5. The molecule has 1 aromatic heterocycles. The van der Waals surface area contributed by atoms with E-state index in [1.807, 2.05) is 18.2 Å². The summed E-state index contributed by atoms with van der Waals surface area (Å²) in [5, 5.41) is 5.56. The molecule has 246 valence electrons. The van der Waals surface area contributed by atoms with Gasteiger partial charge in [0, 0.05) is 31.6 Å². The molecule has 0 unspecified atom stereocenters. The number of hydrogen-bond donors (Lipinski definition) is 2. The quantitative estimate of drug-likeness (QED) is 0.0544. The molecule has 2 N–H and O–H groups in total. The Hall–Kier alpha value is -2.57. The lowest BCUT2D eigenvalue weighted by atomic mass is 10.0. The van der Waals surface area contributed by atoms with Crippen LogP contribution in [0.5, 0.6) is 0 Å². The van der Waals surface area contributed by atoms with Crippen molar-refractivity contribution in [2.24, 2.45) is 0 Å². The lowest BCUT2D eigenvalue weighted by molar-refractivity contribution is -0.697. The van der Waals surface area contributed by atoms with E-state index in [2.05, 4.69) is 41.1 Å². The van der Waals surface area contributed by atoms with Crippen LogP contribution >= 0.6 is 0 Å². The third kappa shape index (κ3) is 26.8. The molecule has 0 radical (unpaired) electrons. The predicted molar refractivity (Wildman–Crippen MR) is 177 cm³/mol. The standard InChI is InChI=1S/C36H63N3O4/c1-3-4-5-6-7-8-9-10-11-12-13-14-15-16-18-22-27-37-35(40)42-32-34(2)33-43-36(41)38-28-23-19-17-20-24-29-39-30-25-21-26-31-39/h21,25-26,30-31H,2-20,22-24,27-29,32-33H2,1H3,(H-,37,38,40,41)/p+1. The van der Waals surface area contributed by atoms with E-state index in [4.69, 9.17) is 9.47 Å². The van der Waals surface area contributed by atoms with Crippen molar-refractivity contribution in [3.63, 3.8) is 0 Å². The van der Waals surface area contributed by atoms with Gasteiger partial charge in [0.1, 0.15) is 19.8 Å². The lowest BCUT2D eigenvalue weighted by Crippen LogP contribution is -2.32. The van der Waals surface area contributed by atoms with Gasteiger partial charge >= 0.3 is 12.2 Å². The Morgan fingerprint density at radius 3 is 1.35 bits per heavy atom. The maximum Gasteiger partial charge on any atom is 0.407 e. The number of carbonyl (C=O) groups is 2. The highest BCUT2D eigenvalue weighted by Crippen LogP contribution is 2.13. The van der Waals surface area contributed by atoms with Gasteiger partial charge in [-0.2, -0.15) is 0 Å². The zero-order valence-electron chi connectivity index (χ0n) is 27.6. The van der Waals surface area contributed by atoms with E-state index in [1.165, 1.54) is 96.3 Å². The van der Waals surface area contributed by atoms with Crippen molar-refractivity contribution in [2.75, 3.05) is 26.3 Å². The topological polar surface area (TPSA) is 80.5 Å². The molecule has 7 nitrogen and oxygen atoms in total. The second kappa shape index (κ2) is 29.5. The Bertz CT molecular complexity index is 803. The summed E-state index contributed by atoms with van der Waals surface area (Å²) in [6, 6.07) is 6.13. The van der Waals surface area contributed by atoms with Crippen LogP contribution in [0.4, 0.5) is 9.59 Å². The minimum absolute atomic E-state index is 0.0371. The van der Waals surface area contributed by atoms with Gasteiger partial charge < -0.3 is 20.1 Å². The molecule has 0 fully saturated rings. The summed E-state index contributed by atoms with van der Waals surface area (Å²) in [6.45, 7) is 8.44. The molecular weight excluding hydrogens is 538 g/mol. The number of hydrogen-bond acceptors (Lipinski definition) is 4. The fourth-order valence-corrected chi connectivity index (χ4v) is 5.07. The molecular formula is C36H64N3O4+. The van der Waals surface area contributed by atoms with E-state index in [9.17, 15) is 9.59 Å². The molecule has 7 heteroatoms. The summed E-state index contributed by atoms with van der Waals surface area (Å²) in [5.74, 6) is 0. The van der Waals surface area contributed by atoms with Crippen molar-refractivity contribution in [1.29, 1.82) is 0 Å². The van der Waals surface area contributed by atoms with Crippen LogP contribution in [0.3, 0.4) is 0 Å². The average molecular weight is 603 g/mol. The first kappa shape index (κ1) is 38.5. The highest BCUT2D eigenvalue weighted by Gasteiger charge is 2.06. The van der Waals surface area contributed by atoms with Crippen LogP contribution in [0, 0.1) is 0 Å². The molecule has 1 heterocycles. The van der Waals surface area contributed by atoms with Gasteiger partial charge in [-0.15, -0.1) is 0 Å². The summed E-state index contributed by atoms with van der Waals surface area (Å²) < 4.78 is 12.5. The van der Waals surface area contributed by atoms with Crippen LogP contribution in [-0.2, 0) is 16.0 Å². The molecule has 0 aliphatic carbocycles. The van der Waals surface area contributed by atoms with Crippen molar-refractivity contribution in [3.05, 3.63) is 42.7 Å². The Labute approximate surface area is 263 Å². The molecule has 0 atom stereocenters. The minimum atomic E-state index is -0.463. The number of ether oxygens (including phenoxy) is 2. The van der Waals surface area contributed by atoms with Gasteiger partial charge in [0.2, 0.25) is 0 Å². The van der Waals surface area contributed by atoms with Gasteiger partial charge in [0.15, 0.2) is 12.4 Å². The summed E-state index contributed by atoms with van der Waals surface area (Å²) >= 11 is 0. The van der Waals surface area contributed by atoms with Crippen molar-refractivity contribution in [2.45, 2.75) is 148 Å². The van der Waals surface area contributed by atoms with Crippen molar-refractivity contribution < 1.29 is 23.6 Å². The molecule has 0 spiro atoms. The van der Waals surface area contributed by atoms with Crippen molar-refractivity contribution in [3.8, 4) is 0 Å². The Kier molecular flexibility index (Phi) is 26.4. The fraction of sp³-hybridized carbons (Fsp3) is 0.750. The highest BCUT2D eigenvalue weighted by molar-refractivity contribution is 5.68. The SMILES string of the molecule is C=C(COC(=O)NCCCCCCCCCCCCCCCCCC)COC(=O)NCCCCCCC[n+]1ccccc1. The number of unbranched alkanes of at least 4 members (excludes halogenated alkanes) is 19. The van der Waals surface area contributed by atoms with Crippen LogP contribution in [0.2, 0.25) is 0 Å². The molecule has 0 saturated carbocycles. The monoisotopic (exact) mass is 602 g/mol. The van der Waals surface area contributed by atoms with E-state index in [0.29, 0.717) is 18.7 Å². The highest BCUT2D eigenvalue weighted by atomic mass is 16.6. The van der Waals surface area contributed by atoms with Crippen LogP contribution in [0.1, 0.15) is 142 Å². The van der Waals surface area contributed by atoms with E-state index in [0.717, 1.165) is 45.1 Å². The van der Waals surface area contributed by atoms with Crippen molar-refractivity contribution in [1.82, 2.24) is 10.6 Å². The number of amides is 2. The van der Waals surface area contributed by atoms with Crippen LogP contribution < -0.4 is 15.2 Å². The zero-order chi connectivity index (χ0) is 31.1. The minimum Gasteiger partial charge on any atom is -0.445 e. The third-order valence-corrected chi connectivity index (χ3v) is 7.75. The summed E-state index contributed by atoms with van der Waals surface area (Å²) in [5.41, 5.74) is 0.545. The number of aryl methyl sites for hydroxylation is 1. The first-order valence-corrected chi connectivity index (χ1v) is 17.5. The van der Waals surface area contributed by atoms with E-state index in [-0.39, 0.29) is 13.2 Å². The number of nitrogens with one attached hydrogen (secondary N) is 2. The zero-order valence-corrected chi connectivity index (χ0v) is 27.6. The van der Waals surface area contributed by atoms with Gasteiger partial charge in [0.05, 0.1) is 0 Å². The number of nitrogens with zero attached hydrogens (tertiary/aromatic N) is 1. The maximum atomic E-state index is 11.9. The van der Waals surface area contributed by atoms with Crippen LogP contribution in [-0.4, -0.2) is 38.5 Å². The molecule has 2 amide bonds. The average Bonchev–Trinajstić information content (AvgIpc) is 3.02. The molecule has 0 aliphatic heterocycles. The number of rotatable bonds is 29. The van der Waals surface area contributed by atoms with E-state index >= 15 is 0 Å². The molecule has 0 saturated heterocycles. The number of pyridine rings is 1. The van der Waals surface area contributed by atoms with E-state index < -0.39 is 12.2 Å². The molecule has 43 heavy (non-hydrogen) atoms. The Morgan fingerprint density at radius 1 is 0.558 bits per heavy atom. The number of alkyl carbamates (subject to hydrolysis) is 2. The summed E-state index contributed by atoms with van der Waals surface area (Å²) in [4.78, 5) is 23.8. The van der Waals surface area contributed by atoms with Gasteiger partial charge in [-0.3, -0.25) is 0 Å². The number of aromatic nitrogens is 1. The van der Waals surface area contributed by atoms with Crippen molar-refractivity contribution >= 4 is 12.2 Å². The summed E-state index contributed by atoms with van der Waals surface area (Å²) in [7, 11) is 0. The molecule has 1 aromatic rings. The normalized spacial score (nSPS) is 10.8. The van der Waals surface area contributed by atoms with Gasteiger partial charge in [-0.25, -0.2) is 14.2 Å².